The van der Waals surface area contributed by atoms with Gasteiger partial charge >= 0.3 is 0 Å². The van der Waals surface area contributed by atoms with E-state index in [1.165, 1.54) is 17.7 Å². The number of anilines is 2. The van der Waals surface area contributed by atoms with Crippen LogP contribution in [0.4, 0.5) is 15.9 Å². The van der Waals surface area contributed by atoms with E-state index >= 15 is 0 Å². The standard InChI is InChI=1S/C22H24FN5O.H2S/c1-14-3-9-18(10-4-14)25-21-20(16-5-7-17(23)8-6-16)26-19-13-27(11-12-28(19)21)22(29)15(2)24;/h3-10,15,25H,11-13,24H2,1-2H3;1H2/t15-;/m0./s1. The summed E-state index contributed by atoms with van der Waals surface area (Å²) in [6, 6.07) is 13.8. The number of amides is 1. The molecule has 0 radical (unpaired) electrons. The Balaban J connectivity index is 0.00000256. The van der Waals surface area contributed by atoms with Crippen molar-refractivity contribution in [3.05, 3.63) is 65.7 Å². The topological polar surface area (TPSA) is 76.2 Å². The zero-order valence-corrected chi connectivity index (χ0v) is 18.0. The van der Waals surface area contributed by atoms with Crippen LogP contribution in [-0.4, -0.2) is 32.9 Å². The summed E-state index contributed by atoms with van der Waals surface area (Å²) in [4.78, 5) is 18.9. The van der Waals surface area contributed by atoms with Crippen molar-refractivity contribution in [1.82, 2.24) is 14.5 Å². The first-order valence-corrected chi connectivity index (χ1v) is 9.66. The summed E-state index contributed by atoms with van der Waals surface area (Å²) in [6.45, 7) is 5.30. The maximum absolute atomic E-state index is 13.4. The third-order valence-electron chi connectivity index (χ3n) is 5.11. The molecular formula is C22H26FN5OS. The highest BCUT2D eigenvalue weighted by Gasteiger charge is 2.28. The normalized spacial score (nSPS) is 13.9. The number of rotatable bonds is 4. The molecule has 0 fully saturated rings. The van der Waals surface area contributed by atoms with Crippen LogP contribution in [0.25, 0.3) is 11.3 Å². The summed E-state index contributed by atoms with van der Waals surface area (Å²) in [5.74, 6) is 1.23. The van der Waals surface area contributed by atoms with Gasteiger partial charge < -0.3 is 20.5 Å². The molecule has 1 aromatic heterocycles. The molecule has 8 heteroatoms. The third-order valence-corrected chi connectivity index (χ3v) is 5.11. The summed E-state index contributed by atoms with van der Waals surface area (Å²) in [5, 5.41) is 3.47. The Labute approximate surface area is 182 Å². The van der Waals surface area contributed by atoms with Gasteiger partial charge in [0.15, 0.2) is 0 Å². The van der Waals surface area contributed by atoms with E-state index in [2.05, 4.69) is 9.88 Å². The number of hydrogen-bond donors (Lipinski definition) is 2. The van der Waals surface area contributed by atoms with E-state index < -0.39 is 6.04 Å². The molecule has 158 valence electrons. The van der Waals surface area contributed by atoms with Gasteiger partial charge in [-0.05, 0) is 50.2 Å². The number of carbonyl (C=O) groups excluding carboxylic acids is 1. The lowest BCUT2D eigenvalue weighted by Gasteiger charge is -2.29. The van der Waals surface area contributed by atoms with Gasteiger partial charge in [-0.3, -0.25) is 4.79 Å². The average Bonchev–Trinajstić information content (AvgIpc) is 3.07. The van der Waals surface area contributed by atoms with Gasteiger partial charge in [0, 0.05) is 24.3 Å². The quantitative estimate of drug-likeness (QED) is 0.668. The van der Waals surface area contributed by atoms with Gasteiger partial charge in [0.05, 0.1) is 12.6 Å². The van der Waals surface area contributed by atoms with Crippen molar-refractivity contribution in [3.63, 3.8) is 0 Å². The molecule has 3 aromatic rings. The first-order chi connectivity index (χ1) is 13.9. The Kier molecular flexibility index (Phi) is 6.48. The second-order valence-corrected chi connectivity index (χ2v) is 7.42. The zero-order valence-electron chi connectivity index (χ0n) is 17.0. The van der Waals surface area contributed by atoms with E-state index in [-0.39, 0.29) is 25.2 Å². The van der Waals surface area contributed by atoms with Crippen molar-refractivity contribution in [2.45, 2.75) is 33.0 Å². The number of halogens is 1. The van der Waals surface area contributed by atoms with E-state index in [9.17, 15) is 9.18 Å². The lowest BCUT2D eigenvalue weighted by atomic mass is 10.1. The fourth-order valence-corrected chi connectivity index (χ4v) is 3.52. The number of nitrogens with two attached hydrogens (primary N) is 1. The van der Waals surface area contributed by atoms with Crippen LogP contribution < -0.4 is 11.1 Å². The monoisotopic (exact) mass is 427 g/mol. The SMILES string of the molecule is Cc1ccc(Nc2c(-c3ccc(F)cc3)nc3n2CCN(C(=O)[C@H](C)N)C3)cc1.S. The van der Waals surface area contributed by atoms with Crippen LogP contribution in [0.2, 0.25) is 0 Å². The van der Waals surface area contributed by atoms with E-state index in [0.29, 0.717) is 19.6 Å². The first kappa shape index (κ1) is 21.9. The Morgan fingerprint density at radius 1 is 1.13 bits per heavy atom. The van der Waals surface area contributed by atoms with Crippen LogP contribution in [0.1, 0.15) is 18.3 Å². The van der Waals surface area contributed by atoms with Crippen molar-refractivity contribution in [2.24, 2.45) is 5.73 Å². The molecule has 0 aliphatic carbocycles. The molecule has 0 saturated carbocycles. The minimum absolute atomic E-state index is 0. The largest absolute Gasteiger partial charge is 0.340 e. The predicted molar refractivity (Wildman–Crippen MR) is 122 cm³/mol. The van der Waals surface area contributed by atoms with E-state index in [1.807, 2.05) is 31.2 Å². The molecule has 0 spiro atoms. The molecule has 0 saturated heterocycles. The number of fused-ring (bicyclic) bond motifs is 1. The molecule has 1 aliphatic rings. The predicted octanol–water partition coefficient (Wildman–Crippen LogP) is 3.54. The van der Waals surface area contributed by atoms with Gasteiger partial charge in [0.25, 0.3) is 0 Å². The van der Waals surface area contributed by atoms with E-state index in [1.54, 1.807) is 24.0 Å². The summed E-state index contributed by atoms with van der Waals surface area (Å²) < 4.78 is 15.5. The molecule has 0 bridgehead atoms. The van der Waals surface area contributed by atoms with Crippen LogP contribution >= 0.6 is 13.5 Å². The first-order valence-electron chi connectivity index (χ1n) is 9.66. The Hall–Kier alpha value is -2.84. The lowest BCUT2D eigenvalue weighted by Crippen LogP contribution is -2.45. The number of benzene rings is 2. The molecule has 1 aliphatic heterocycles. The maximum Gasteiger partial charge on any atom is 0.239 e. The molecule has 4 rings (SSSR count). The average molecular weight is 428 g/mol. The summed E-state index contributed by atoms with van der Waals surface area (Å²) in [7, 11) is 0. The van der Waals surface area contributed by atoms with Gasteiger partial charge in [-0.2, -0.15) is 13.5 Å². The van der Waals surface area contributed by atoms with Gasteiger partial charge in [-0.25, -0.2) is 9.37 Å². The van der Waals surface area contributed by atoms with E-state index in [4.69, 9.17) is 10.7 Å². The fourth-order valence-electron chi connectivity index (χ4n) is 3.52. The van der Waals surface area contributed by atoms with Gasteiger partial charge in [-0.15, -0.1) is 0 Å². The minimum atomic E-state index is -0.543. The number of imidazole rings is 1. The molecule has 2 aromatic carbocycles. The number of carbonyl (C=O) groups is 1. The lowest BCUT2D eigenvalue weighted by molar-refractivity contribution is -0.133. The van der Waals surface area contributed by atoms with Crippen LogP contribution in [0.5, 0.6) is 0 Å². The summed E-state index contributed by atoms with van der Waals surface area (Å²) in [5.41, 5.74) is 9.44. The molecule has 30 heavy (non-hydrogen) atoms. The van der Waals surface area contributed by atoms with Crippen LogP contribution in [0, 0.1) is 12.7 Å². The van der Waals surface area contributed by atoms with Crippen molar-refractivity contribution in [1.29, 1.82) is 0 Å². The number of aromatic nitrogens is 2. The Morgan fingerprint density at radius 3 is 2.43 bits per heavy atom. The molecule has 2 heterocycles. The van der Waals surface area contributed by atoms with Gasteiger partial charge in [0.1, 0.15) is 23.2 Å². The van der Waals surface area contributed by atoms with Crippen LogP contribution in [0.3, 0.4) is 0 Å². The van der Waals surface area contributed by atoms with E-state index in [0.717, 1.165) is 28.6 Å². The smallest absolute Gasteiger partial charge is 0.239 e. The molecule has 1 atom stereocenters. The third kappa shape index (κ3) is 4.34. The van der Waals surface area contributed by atoms with Crippen LogP contribution in [0.15, 0.2) is 48.5 Å². The number of hydrogen-bond acceptors (Lipinski definition) is 4. The van der Waals surface area contributed by atoms with Crippen molar-refractivity contribution in [2.75, 3.05) is 11.9 Å². The molecule has 6 nitrogen and oxygen atoms in total. The number of aryl methyl sites for hydroxylation is 1. The highest BCUT2D eigenvalue weighted by Crippen LogP contribution is 2.33. The van der Waals surface area contributed by atoms with Gasteiger partial charge in [-0.1, -0.05) is 17.7 Å². The Morgan fingerprint density at radius 2 is 1.80 bits per heavy atom. The minimum Gasteiger partial charge on any atom is -0.340 e. The van der Waals surface area contributed by atoms with Crippen molar-refractivity contribution in [3.8, 4) is 11.3 Å². The summed E-state index contributed by atoms with van der Waals surface area (Å²) in [6.07, 6.45) is 0. The molecule has 0 unspecified atom stereocenters. The van der Waals surface area contributed by atoms with Crippen LogP contribution in [-0.2, 0) is 17.9 Å². The number of nitrogens with zero attached hydrogens (tertiary/aromatic N) is 3. The second kappa shape index (κ2) is 8.89. The number of nitrogens with one attached hydrogen (secondary N) is 1. The van der Waals surface area contributed by atoms with Gasteiger partial charge in [0.2, 0.25) is 5.91 Å². The fraction of sp³-hybridized carbons (Fsp3) is 0.273. The molecule has 3 N–H and O–H groups in total. The zero-order chi connectivity index (χ0) is 20.5. The molecular weight excluding hydrogens is 401 g/mol. The highest BCUT2D eigenvalue weighted by atomic mass is 32.1. The molecule has 1 amide bonds. The van der Waals surface area contributed by atoms with Crippen molar-refractivity contribution >= 4 is 30.9 Å². The Bertz CT molecular complexity index is 1030. The summed E-state index contributed by atoms with van der Waals surface area (Å²) >= 11 is 0. The maximum atomic E-state index is 13.4. The second-order valence-electron chi connectivity index (χ2n) is 7.42. The van der Waals surface area contributed by atoms with Crippen molar-refractivity contribution < 1.29 is 9.18 Å². The highest BCUT2D eigenvalue weighted by molar-refractivity contribution is 7.59.